The van der Waals surface area contributed by atoms with Gasteiger partial charge in [0.2, 0.25) is 6.10 Å². The number of anilines is 1. The molecule has 0 saturated carbocycles. The number of likely N-dealkylation sites (tertiary alicyclic amines) is 1. The number of carbonyl (C=O) groups is 1. The molecular formula is C24H25N3O2. The predicted molar refractivity (Wildman–Crippen MR) is 114 cm³/mol. The first-order chi connectivity index (χ1) is 14.3. The molecule has 1 N–H and O–H groups in total. The average Bonchev–Trinajstić information content (AvgIpc) is 2.79. The molecule has 5 nitrogen and oxygen atoms in total. The van der Waals surface area contributed by atoms with Gasteiger partial charge in [-0.1, -0.05) is 48.5 Å². The lowest BCUT2D eigenvalue weighted by Gasteiger charge is -2.35. The van der Waals surface area contributed by atoms with Gasteiger partial charge < -0.3 is 15.0 Å². The number of hydrogen-bond donors (Lipinski definition) is 1. The molecule has 29 heavy (non-hydrogen) atoms. The summed E-state index contributed by atoms with van der Waals surface area (Å²) < 4.78 is 6.12. The Labute approximate surface area is 171 Å². The summed E-state index contributed by atoms with van der Waals surface area (Å²) in [6, 6.07) is 23.5. The lowest BCUT2D eigenvalue weighted by molar-refractivity contribution is -0.140. The summed E-state index contributed by atoms with van der Waals surface area (Å²) in [7, 11) is 0. The Hall–Kier alpha value is -3.34. The normalized spacial score (nSPS) is 15.5. The molecule has 3 aromatic rings. The van der Waals surface area contributed by atoms with Gasteiger partial charge in [0.25, 0.3) is 5.91 Å². The summed E-state index contributed by atoms with van der Waals surface area (Å²) in [6.45, 7) is 1.41. The first kappa shape index (κ1) is 19.0. The van der Waals surface area contributed by atoms with Gasteiger partial charge in [-0.25, -0.2) is 0 Å². The Bertz CT molecular complexity index is 895. The van der Waals surface area contributed by atoms with Gasteiger partial charge in [0.15, 0.2) is 0 Å². The van der Waals surface area contributed by atoms with Gasteiger partial charge in [0.1, 0.15) is 5.75 Å². The van der Waals surface area contributed by atoms with E-state index >= 15 is 0 Å². The van der Waals surface area contributed by atoms with Crippen molar-refractivity contribution in [2.45, 2.75) is 25.0 Å². The van der Waals surface area contributed by atoms with Crippen LogP contribution in [0.25, 0.3) is 0 Å². The highest BCUT2D eigenvalue weighted by Crippen LogP contribution is 2.26. The quantitative estimate of drug-likeness (QED) is 0.685. The Morgan fingerprint density at radius 3 is 2.31 bits per heavy atom. The minimum Gasteiger partial charge on any atom is -0.476 e. The molecule has 1 saturated heterocycles. The lowest BCUT2D eigenvalue weighted by Crippen LogP contribution is -2.45. The van der Waals surface area contributed by atoms with E-state index in [4.69, 9.17) is 4.74 Å². The van der Waals surface area contributed by atoms with Gasteiger partial charge in [-0.15, -0.1) is 0 Å². The SMILES string of the molecule is O=C(C(Oc1ccccc1)c1ccccc1)N1CCC(Nc2cccnc2)CC1. The Morgan fingerprint density at radius 1 is 0.966 bits per heavy atom. The standard InChI is InChI=1S/C24H25N3O2/c28-24(27-16-13-20(14-17-27)26-21-10-7-15-25-18-21)23(19-8-3-1-4-9-19)29-22-11-5-2-6-12-22/h1-12,15,18,20,23,26H,13-14,16-17H2. The zero-order valence-electron chi connectivity index (χ0n) is 16.3. The van der Waals surface area contributed by atoms with Crippen LogP contribution in [0, 0.1) is 0 Å². The number of rotatable bonds is 6. The largest absolute Gasteiger partial charge is 0.476 e. The van der Waals surface area contributed by atoms with Crippen LogP contribution < -0.4 is 10.1 Å². The van der Waals surface area contributed by atoms with E-state index in [0.29, 0.717) is 24.9 Å². The number of pyridine rings is 1. The number of benzene rings is 2. The second kappa shape index (κ2) is 9.24. The monoisotopic (exact) mass is 387 g/mol. The molecule has 2 aromatic carbocycles. The van der Waals surface area contributed by atoms with Gasteiger partial charge in [0.05, 0.1) is 5.69 Å². The highest BCUT2D eigenvalue weighted by Gasteiger charge is 2.30. The van der Waals surface area contributed by atoms with E-state index in [1.54, 1.807) is 6.20 Å². The van der Waals surface area contributed by atoms with Crippen molar-refractivity contribution in [3.05, 3.63) is 90.8 Å². The second-order valence-corrected chi connectivity index (χ2v) is 7.21. The molecule has 0 radical (unpaired) electrons. The third-order valence-corrected chi connectivity index (χ3v) is 5.16. The minimum absolute atomic E-state index is 0.0138. The summed E-state index contributed by atoms with van der Waals surface area (Å²) in [5.41, 5.74) is 1.89. The van der Waals surface area contributed by atoms with Crippen molar-refractivity contribution >= 4 is 11.6 Å². The fourth-order valence-corrected chi connectivity index (χ4v) is 3.62. The molecule has 0 aliphatic carbocycles. The average molecular weight is 387 g/mol. The fourth-order valence-electron chi connectivity index (χ4n) is 3.62. The summed E-state index contributed by atoms with van der Waals surface area (Å²) in [6.07, 6.45) is 4.75. The first-order valence-corrected chi connectivity index (χ1v) is 10.0. The lowest BCUT2D eigenvalue weighted by atomic mass is 10.0. The Kier molecular flexibility index (Phi) is 6.05. The van der Waals surface area contributed by atoms with Crippen LogP contribution in [0.1, 0.15) is 24.5 Å². The molecule has 4 rings (SSSR count). The van der Waals surface area contributed by atoms with Gasteiger partial charge in [-0.05, 0) is 37.1 Å². The zero-order valence-corrected chi connectivity index (χ0v) is 16.3. The van der Waals surface area contributed by atoms with Gasteiger partial charge in [-0.3, -0.25) is 9.78 Å². The van der Waals surface area contributed by atoms with Crippen molar-refractivity contribution in [2.24, 2.45) is 0 Å². The minimum atomic E-state index is -0.638. The topological polar surface area (TPSA) is 54.5 Å². The highest BCUT2D eigenvalue weighted by atomic mass is 16.5. The summed E-state index contributed by atoms with van der Waals surface area (Å²) in [5.74, 6) is 0.711. The third-order valence-electron chi connectivity index (χ3n) is 5.16. The molecule has 1 aromatic heterocycles. The molecule has 1 aliphatic heterocycles. The maximum atomic E-state index is 13.3. The van der Waals surface area contributed by atoms with E-state index in [0.717, 1.165) is 24.1 Å². The highest BCUT2D eigenvalue weighted by molar-refractivity contribution is 5.83. The number of piperidine rings is 1. The van der Waals surface area contributed by atoms with Crippen molar-refractivity contribution in [3.63, 3.8) is 0 Å². The van der Waals surface area contributed by atoms with Gasteiger partial charge >= 0.3 is 0 Å². The van der Waals surface area contributed by atoms with Crippen LogP contribution in [0.2, 0.25) is 0 Å². The van der Waals surface area contributed by atoms with Crippen LogP contribution in [0.3, 0.4) is 0 Å². The molecule has 1 fully saturated rings. The molecule has 1 atom stereocenters. The molecule has 1 unspecified atom stereocenters. The number of carbonyl (C=O) groups excluding carboxylic acids is 1. The Morgan fingerprint density at radius 2 is 1.66 bits per heavy atom. The summed E-state index contributed by atoms with van der Waals surface area (Å²) in [5, 5.41) is 3.51. The number of nitrogens with one attached hydrogen (secondary N) is 1. The summed E-state index contributed by atoms with van der Waals surface area (Å²) >= 11 is 0. The molecule has 0 bridgehead atoms. The van der Waals surface area contributed by atoms with E-state index in [2.05, 4.69) is 10.3 Å². The van der Waals surface area contributed by atoms with E-state index in [9.17, 15) is 4.79 Å². The van der Waals surface area contributed by atoms with E-state index in [1.807, 2.05) is 83.9 Å². The molecule has 1 amide bonds. The van der Waals surface area contributed by atoms with Crippen molar-refractivity contribution in [2.75, 3.05) is 18.4 Å². The second-order valence-electron chi connectivity index (χ2n) is 7.21. The van der Waals surface area contributed by atoms with Gasteiger partial charge in [-0.2, -0.15) is 0 Å². The van der Waals surface area contributed by atoms with Crippen LogP contribution in [0.5, 0.6) is 5.75 Å². The number of aromatic nitrogens is 1. The first-order valence-electron chi connectivity index (χ1n) is 10.0. The number of hydrogen-bond acceptors (Lipinski definition) is 4. The number of ether oxygens (including phenoxy) is 1. The molecular weight excluding hydrogens is 362 g/mol. The number of amides is 1. The van der Waals surface area contributed by atoms with Crippen molar-refractivity contribution in [3.8, 4) is 5.75 Å². The van der Waals surface area contributed by atoms with Crippen molar-refractivity contribution < 1.29 is 9.53 Å². The molecule has 1 aliphatic rings. The maximum Gasteiger partial charge on any atom is 0.268 e. The third kappa shape index (κ3) is 4.93. The van der Waals surface area contributed by atoms with Crippen LogP contribution in [0.4, 0.5) is 5.69 Å². The zero-order chi connectivity index (χ0) is 19.9. The number of para-hydroxylation sites is 1. The molecule has 0 spiro atoms. The molecule has 5 heteroatoms. The maximum absolute atomic E-state index is 13.3. The molecule has 2 heterocycles. The Balaban J connectivity index is 1.43. The van der Waals surface area contributed by atoms with Crippen LogP contribution in [-0.2, 0) is 4.79 Å². The molecule has 148 valence electrons. The van der Waals surface area contributed by atoms with Gasteiger partial charge in [0, 0.05) is 37.1 Å². The number of nitrogens with zero attached hydrogens (tertiary/aromatic N) is 2. The smallest absolute Gasteiger partial charge is 0.268 e. The fraction of sp³-hybridized carbons (Fsp3) is 0.250. The predicted octanol–water partition coefficient (Wildman–Crippen LogP) is 4.30. The van der Waals surface area contributed by atoms with Crippen LogP contribution >= 0.6 is 0 Å². The van der Waals surface area contributed by atoms with Crippen molar-refractivity contribution in [1.29, 1.82) is 0 Å². The van der Waals surface area contributed by atoms with E-state index < -0.39 is 6.10 Å². The van der Waals surface area contributed by atoms with Crippen molar-refractivity contribution in [1.82, 2.24) is 9.88 Å². The van der Waals surface area contributed by atoms with E-state index in [-0.39, 0.29) is 5.91 Å². The summed E-state index contributed by atoms with van der Waals surface area (Å²) in [4.78, 5) is 19.4. The van der Waals surface area contributed by atoms with Crippen LogP contribution in [0.15, 0.2) is 85.2 Å². The van der Waals surface area contributed by atoms with E-state index in [1.165, 1.54) is 0 Å². The van der Waals surface area contributed by atoms with Crippen LogP contribution in [-0.4, -0.2) is 34.9 Å².